The SMILES string of the molecule is C=C1C(=O)O[C@@H]2/C=C(\C)CC/C=C(\C)[C@@H](OC(=O)CC(C)C)C[C@@H]12. The molecular formula is C20H28O4. The Hall–Kier alpha value is -1.84. The van der Waals surface area contributed by atoms with Gasteiger partial charge in [0.05, 0.1) is 0 Å². The molecule has 24 heavy (non-hydrogen) atoms. The van der Waals surface area contributed by atoms with Crippen LogP contribution in [0.3, 0.4) is 0 Å². The molecule has 132 valence electrons. The molecule has 0 aromatic heterocycles. The average Bonchev–Trinajstić information content (AvgIpc) is 2.72. The lowest BCUT2D eigenvalue weighted by molar-refractivity contribution is -0.149. The Kier molecular flexibility index (Phi) is 6.03. The maximum absolute atomic E-state index is 12.1. The van der Waals surface area contributed by atoms with Crippen LogP contribution in [0, 0.1) is 11.8 Å². The summed E-state index contributed by atoms with van der Waals surface area (Å²) in [7, 11) is 0. The first-order valence-electron chi connectivity index (χ1n) is 8.71. The Balaban J connectivity index is 2.23. The lowest BCUT2D eigenvalue weighted by Crippen LogP contribution is -2.27. The molecule has 0 N–H and O–H groups in total. The minimum Gasteiger partial charge on any atom is -0.458 e. The van der Waals surface area contributed by atoms with Crippen molar-refractivity contribution in [1.82, 2.24) is 0 Å². The van der Waals surface area contributed by atoms with Gasteiger partial charge in [0.2, 0.25) is 0 Å². The molecule has 1 saturated heterocycles. The molecule has 2 rings (SSSR count). The molecule has 0 radical (unpaired) electrons. The van der Waals surface area contributed by atoms with Gasteiger partial charge >= 0.3 is 11.9 Å². The summed E-state index contributed by atoms with van der Waals surface area (Å²) in [6.07, 6.45) is 6.23. The standard InChI is InChI=1S/C20H28O4/c1-12(2)9-19(21)23-17-11-16-15(5)20(22)24-18(16)10-13(3)7-6-8-14(17)4/h8,10,12,16-18H,5-7,9,11H2,1-4H3/b13-10+,14-8+/t16-,17-,18+/m0/s1. The molecule has 4 nitrogen and oxygen atoms in total. The minimum atomic E-state index is -0.345. The zero-order chi connectivity index (χ0) is 17.9. The van der Waals surface area contributed by atoms with Crippen LogP contribution in [0.15, 0.2) is 35.5 Å². The van der Waals surface area contributed by atoms with E-state index in [0.29, 0.717) is 18.4 Å². The van der Waals surface area contributed by atoms with Crippen molar-refractivity contribution in [3.8, 4) is 0 Å². The first-order chi connectivity index (χ1) is 11.3. The van der Waals surface area contributed by atoms with E-state index in [1.165, 1.54) is 5.57 Å². The van der Waals surface area contributed by atoms with Gasteiger partial charge in [-0.25, -0.2) is 4.79 Å². The van der Waals surface area contributed by atoms with E-state index < -0.39 is 0 Å². The van der Waals surface area contributed by atoms with E-state index in [-0.39, 0.29) is 36.0 Å². The number of hydrogen-bond donors (Lipinski definition) is 0. The molecule has 0 amide bonds. The quantitative estimate of drug-likeness (QED) is 0.443. The van der Waals surface area contributed by atoms with Crippen LogP contribution in [-0.4, -0.2) is 24.1 Å². The fraction of sp³-hybridized carbons (Fsp3) is 0.600. The van der Waals surface area contributed by atoms with E-state index in [4.69, 9.17) is 9.47 Å². The first kappa shape index (κ1) is 18.5. The monoisotopic (exact) mass is 332 g/mol. The third-order valence-electron chi connectivity index (χ3n) is 4.63. The number of fused-ring (bicyclic) bond motifs is 1. The smallest absolute Gasteiger partial charge is 0.334 e. The van der Waals surface area contributed by atoms with Gasteiger partial charge in [-0.2, -0.15) is 0 Å². The summed E-state index contributed by atoms with van der Waals surface area (Å²) < 4.78 is 11.2. The van der Waals surface area contributed by atoms with Crippen LogP contribution in [0.5, 0.6) is 0 Å². The maximum Gasteiger partial charge on any atom is 0.334 e. The molecule has 2 aliphatic rings. The van der Waals surface area contributed by atoms with Crippen molar-refractivity contribution >= 4 is 11.9 Å². The number of allylic oxidation sites excluding steroid dienone is 2. The summed E-state index contributed by atoms with van der Waals surface area (Å²) in [4.78, 5) is 24.1. The Morgan fingerprint density at radius 1 is 1.42 bits per heavy atom. The highest BCUT2D eigenvalue weighted by Gasteiger charge is 2.39. The number of carbonyl (C=O) groups is 2. The van der Waals surface area contributed by atoms with Gasteiger partial charge in [-0.1, -0.05) is 32.1 Å². The molecule has 4 heteroatoms. The third kappa shape index (κ3) is 4.59. The Bertz CT molecular complexity index is 582. The summed E-state index contributed by atoms with van der Waals surface area (Å²) in [5, 5.41) is 0. The molecule has 0 spiro atoms. The molecule has 1 fully saturated rings. The van der Waals surface area contributed by atoms with Gasteiger partial charge in [-0.3, -0.25) is 4.79 Å². The van der Waals surface area contributed by atoms with Crippen molar-refractivity contribution in [3.63, 3.8) is 0 Å². The number of hydrogen-bond acceptors (Lipinski definition) is 4. The highest BCUT2D eigenvalue weighted by Crippen LogP contribution is 2.35. The number of rotatable bonds is 3. The lowest BCUT2D eigenvalue weighted by atomic mass is 9.86. The molecule has 1 heterocycles. The fourth-order valence-electron chi connectivity index (χ4n) is 3.18. The van der Waals surface area contributed by atoms with E-state index in [0.717, 1.165) is 18.4 Å². The zero-order valence-electron chi connectivity index (χ0n) is 15.1. The van der Waals surface area contributed by atoms with Gasteiger partial charge in [0.15, 0.2) is 0 Å². The average molecular weight is 332 g/mol. The predicted octanol–water partition coefficient (Wildman–Crippen LogP) is 4.12. The summed E-state index contributed by atoms with van der Waals surface area (Å²) in [6.45, 7) is 11.9. The molecule has 0 aromatic rings. The second-order valence-electron chi connectivity index (χ2n) is 7.31. The van der Waals surface area contributed by atoms with Crippen LogP contribution < -0.4 is 0 Å². The Morgan fingerprint density at radius 3 is 2.79 bits per heavy atom. The van der Waals surface area contributed by atoms with E-state index in [1.807, 2.05) is 26.8 Å². The highest BCUT2D eigenvalue weighted by molar-refractivity contribution is 5.91. The van der Waals surface area contributed by atoms with E-state index in [2.05, 4.69) is 19.6 Å². The summed E-state index contributed by atoms with van der Waals surface area (Å²) in [6, 6.07) is 0. The molecule has 3 atom stereocenters. The van der Waals surface area contributed by atoms with Gasteiger partial charge < -0.3 is 9.47 Å². The summed E-state index contributed by atoms with van der Waals surface area (Å²) in [5.41, 5.74) is 2.71. The van der Waals surface area contributed by atoms with E-state index >= 15 is 0 Å². The van der Waals surface area contributed by atoms with Crippen molar-refractivity contribution < 1.29 is 19.1 Å². The summed E-state index contributed by atoms with van der Waals surface area (Å²) in [5.74, 6) is -0.433. The number of carbonyl (C=O) groups excluding carboxylic acids is 2. The second kappa shape index (κ2) is 7.82. The normalized spacial score (nSPS) is 32.3. The van der Waals surface area contributed by atoms with Crippen molar-refractivity contribution in [2.45, 2.75) is 65.6 Å². The van der Waals surface area contributed by atoms with Crippen LogP contribution in [0.1, 0.15) is 53.4 Å². The maximum atomic E-state index is 12.1. The molecule has 1 aliphatic carbocycles. The third-order valence-corrected chi connectivity index (χ3v) is 4.63. The highest BCUT2D eigenvalue weighted by atomic mass is 16.6. The second-order valence-corrected chi connectivity index (χ2v) is 7.31. The number of esters is 2. The van der Waals surface area contributed by atoms with Crippen LogP contribution >= 0.6 is 0 Å². The summed E-state index contributed by atoms with van der Waals surface area (Å²) >= 11 is 0. The van der Waals surface area contributed by atoms with E-state index in [9.17, 15) is 9.59 Å². The van der Waals surface area contributed by atoms with Crippen molar-refractivity contribution in [3.05, 3.63) is 35.5 Å². The van der Waals surface area contributed by atoms with Crippen molar-refractivity contribution in [2.24, 2.45) is 11.8 Å². The Labute approximate surface area is 144 Å². The van der Waals surface area contributed by atoms with Crippen molar-refractivity contribution in [1.29, 1.82) is 0 Å². The minimum absolute atomic E-state index is 0.147. The largest absolute Gasteiger partial charge is 0.458 e. The van der Waals surface area contributed by atoms with Gasteiger partial charge in [0, 0.05) is 17.9 Å². The van der Waals surface area contributed by atoms with Crippen LogP contribution in [0.25, 0.3) is 0 Å². The fourth-order valence-corrected chi connectivity index (χ4v) is 3.18. The van der Waals surface area contributed by atoms with Crippen LogP contribution in [0.4, 0.5) is 0 Å². The van der Waals surface area contributed by atoms with Gasteiger partial charge in [-0.15, -0.1) is 0 Å². The van der Waals surface area contributed by atoms with Gasteiger partial charge in [0.1, 0.15) is 12.2 Å². The van der Waals surface area contributed by atoms with Crippen molar-refractivity contribution in [2.75, 3.05) is 0 Å². The topological polar surface area (TPSA) is 52.6 Å². The van der Waals surface area contributed by atoms with Crippen LogP contribution in [-0.2, 0) is 19.1 Å². The molecule has 0 aromatic carbocycles. The Morgan fingerprint density at radius 2 is 2.12 bits per heavy atom. The molecule has 0 saturated carbocycles. The first-order valence-corrected chi connectivity index (χ1v) is 8.71. The van der Waals surface area contributed by atoms with Gasteiger partial charge in [-0.05, 0) is 50.7 Å². The predicted molar refractivity (Wildman–Crippen MR) is 93.2 cm³/mol. The van der Waals surface area contributed by atoms with E-state index in [1.54, 1.807) is 0 Å². The molecule has 0 bridgehead atoms. The lowest BCUT2D eigenvalue weighted by Gasteiger charge is -2.25. The number of ether oxygens (including phenoxy) is 2. The molecule has 0 unspecified atom stereocenters. The van der Waals surface area contributed by atoms with Gasteiger partial charge in [0.25, 0.3) is 0 Å². The van der Waals surface area contributed by atoms with Crippen LogP contribution in [0.2, 0.25) is 0 Å². The molecular weight excluding hydrogens is 304 g/mol. The molecule has 1 aliphatic heterocycles. The zero-order valence-corrected chi connectivity index (χ0v) is 15.1.